The minimum Gasteiger partial charge on any atom is -0.336 e. The van der Waals surface area contributed by atoms with Crippen molar-refractivity contribution in [3.8, 4) is 0 Å². The Bertz CT molecular complexity index is 538. The Morgan fingerprint density at radius 3 is 2.32 bits per heavy atom. The van der Waals surface area contributed by atoms with E-state index in [0.29, 0.717) is 12.5 Å². The molecule has 1 N–H and O–H groups in total. The summed E-state index contributed by atoms with van der Waals surface area (Å²) in [4.78, 5) is 24.8. The van der Waals surface area contributed by atoms with Crippen LogP contribution < -0.4 is 5.32 Å². The second-order valence-electron chi connectivity index (χ2n) is 6.19. The molecule has 0 aromatic heterocycles. The van der Waals surface area contributed by atoms with Gasteiger partial charge in [0.05, 0.1) is 4.92 Å². The standard InChI is InChI=1S/C16H23N3O3/c1-11(2)18(16(20)12(3)14-8-17-9-14)10-13-4-6-15(7-5-13)19(21)22/h4-7,11-12,14,17H,8-10H2,1-3H3. The first kappa shape index (κ1) is 16.4. The first-order valence-electron chi connectivity index (χ1n) is 7.64. The van der Waals surface area contributed by atoms with Crippen molar-refractivity contribution in [2.45, 2.75) is 33.4 Å². The molecule has 0 radical (unpaired) electrons. The van der Waals surface area contributed by atoms with Gasteiger partial charge in [-0.05, 0) is 38.4 Å². The van der Waals surface area contributed by atoms with E-state index >= 15 is 0 Å². The number of amides is 1. The Morgan fingerprint density at radius 2 is 1.91 bits per heavy atom. The summed E-state index contributed by atoms with van der Waals surface area (Å²) in [7, 11) is 0. The van der Waals surface area contributed by atoms with E-state index in [0.717, 1.165) is 18.7 Å². The Kier molecular flexibility index (Phi) is 5.13. The van der Waals surface area contributed by atoms with Crippen molar-refractivity contribution >= 4 is 11.6 Å². The number of rotatable bonds is 6. The smallest absolute Gasteiger partial charge is 0.269 e. The van der Waals surface area contributed by atoms with Gasteiger partial charge >= 0.3 is 0 Å². The summed E-state index contributed by atoms with van der Waals surface area (Å²) in [5.74, 6) is 0.562. The number of non-ortho nitro benzene ring substituents is 1. The van der Waals surface area contributed by atoms with Crippen LogP contribution in [0.25, 0.3) is 0 Å². The highest BCUT2D eigenvalue weighted by Crippen LogP contribution is 2.22. The third-order valence-corrected chi connectivity index (χ3v) is 4.32. The summed E-state index contributed by atoms with van der Waals surface area (Å²) in [6.45, 7) is 8.26. The normalized spacial score (nSPS) is 16.2. The van der Waals surface area contributed by atoms with Gasteiger partial charge in [-0.3, -0.25) is 14.9 Å². The minimum absolute atomic E-state index is 0.00157. The van der Waals surface area contributed by atoms with Gasteiger partial charge in [0.2, 0.25) is 5.91 Å². The summed E-state index contributed by atoms with van der Waals surface area (Å²) in [6, 6.07) is 6.50. The van der Waals surface area contributed by atoms with E-state index in [2.05, 4.69) is 5.32 Å². The van der Waals surface area contributed by atoms with Crippen molar-refractivity contribution in [2.24, 2.45) is 11.8 Å². The highest BCUT2D eigenvalue weighted by molar-refractivity contribution is 5.79. The lowest BCUT2D eigenvalue weighted by Crippen LogP contribution is -2.51. The number of nitro groups is 1. The average molecular weight is 305 g/mol. The van der Waals surface area contributed by atoms with Crippen LogP contribution in [0.3, 0.4) is 0 Å². The zero-order chi connectivity index (χ0) is 16.3. The van der Waals surface area contributed by atoms with Gasteiger partial charge in [-0.1, -0.05) is 19.1 Å². The maximum absolute atomic E-state index is 12.7. The van der Waals surface area contributed by atoms with Crippen molar-refractivity contribution in [2.75, 3.05) is 13.1 Å². The van der Waals surface area contributed by atoms with Crippen molar-refractivity contribution in [1.29, 1.82) is 0 Å². The van der Waals surface area contributed by atoms with Gasteiger partial charge in [-0.15, -0.1) is 0 Å². The van der Waals surface area contributed by atoms with Gasteiger partial charge in [0.15, 0.2) is 0 Å². The molecule has 120 valence electrons. The van der Waals surface area contributed by atoms with E-state index in [1.165, 1.54) is 12.1 Å². The number of benzene rings is 1. The highest BCUT2D eigenvalue weighted by Gasteiger charge is 2.32. The fourth-order valence-corrected chi connectivity index (χ4v) is 2.56. The van der Waals surface area contributed by atoms with Crippen LogP contribution in [0.15, 0.2) is 24.3 Å². The van der Waals surface area contributed by atoms with E-state index in [4.69, 9.17) is 0 Å². The minimum atomic E-state index is -0.416. The van der Waals surface area contributed by atoms with Gasteiger partial charge in [-0.2, -0.15) is 0 Å². The molecule has 0 saturated carbocycles. The zero-order valence-electron chi connectivity index (χ0n) is 13.3. The van der Waals surface area contributed by atoms with E-state index in [1.54, 1.807) is 12.1 Å². The van der Waals surface area contributed by atoms with Gasteiger partial charge in [0.25, 0.3) is 5.69 Å². The predicted molar refractivity (Wildman–Crippen MR) is 84.3 cm³/mol. The number of hydrogen-bond donors (Lipinski definition) is 1. The lowest BCUT2D eigenvalue weighted by molar-refractivity contribution is -0.384. The zero-order valence-corrected chi connectivity index (χ0v) is 13.3. The van der Waals surface area contributed by atoms with Crippen LogP contribution in [0.2, 0.25) is 0 Å². The molecule has 2 rings (SSSR count). The second-order valence-corrected chi connectivity index (χ2v) is 6.19. The molecule has 1 unspecified atom stereocenters. The summed E-state index contributed by atoms with van der Waals surface area (Å²) in [5.41, 5.74) is 0.978. The molecule has 0 spiro atoms. The number of hydrogen-bond acceptors (Lipinski definition) is 4. The van der Waals surface area contributed by atoms with Gasteiger partial charge in [0.1, 0.15) is 0 Å². The number of nitrogens with one attached hydrogen (secondary N) is 1. The number of carbonyl (C=O) groups excluding carboxylic acids is 1. The van der Waals surface area contributed by atoms with E-state index in [-0.39, 0.29) is 23.6 Å². The van der Waals surface area contributed by atoms with E-state index in [9.17, 15) is 14.9 Å². The molecule has 1 aromatic rings. The van der Waals surface area contributed by atoms with Crippen LogP contribution >= 0.6 is 0 Å². The quantitative estimate of drug-likeness (QED) is 0.645. The Labute approximate surface area is 130 Å². The molecule has 1 atom stereocenters. The third-order valence-electron chi connectivity index (χ3n) is 4.32. The number of nitrogens with zero attached hydrogens (tertiary/aromatic N) is 2. The second kappa shape index (κ2) is 6.87. The average Bonchev–Trinajstić information content (AvgIpc) is 2.42. The van der Waals surface area contributed by atoms with Crippen LogP contribution in [-0.2, 0) is 11.3 Å². The first-order chi connectivity index (χ1) is 10.4. The van der Waals surface area contributed by atoms with Gasteiger partial charge in [-0.25, -0.2) is 0 Å². The van der Waals surface area contributed by atoms with Gasteiger partial charge in [0, 0.05) is 30.6 Å². The van der Waals surface area contributed by atoms with Crippen molar-refractivity contribution in [3.05, 3.63) is 39.9 Å². The van der Waals surface area contributed by atoms with Crippen molar-refractivity contribution < 1.29 is 9.72 Å². The van der Waals surface area contributed by atoms with Crippen LogP contribution in [-0.4, -0.2) is 34.9 Å². The molecule has 22 heavy (non-hydrogen) atoms. The summed E-state index contributed by atoms with van der Waals surface area (Å²) < 4.78 is 0. The fraction of sp³-hybridized carbons (Fsp3) is 0.562. The molecule has 1 amide bonds. The van der Waals surface area contributed by atoms with E-state index in [1.807, 2.05) is 25.7 Å². The summed E-state index contributed by atoms with van der Waals surface area (Å²) in [5, 5.41) is 13.9. The SMILES string of the molecule is CC(C(=O)N(Cc1ccc([N+](=O)[O-])cc1)C(C)C)C1CNC1. The van der Waals surface area contributed by atoms with Crippen LogP contribution in [0.5, 0.6) is 0 Å². The maximum atomic E-state index is 12.7. The molecule has 1 aliphatic rings. The molecule has 0 aliphatic carbocycles. The number of carbonyl (C=O) groups is 1. The van der Waals surface area contributed by atoms with Crippen LogP contribution in [0, 0.1) is 22.0 Å². The highest BCUT2D eigenvalue weighted by atomic mass is 16.6. The number of nitro benzene ring substituents is 1. The molecule has 1 fully saturated rings. The molecule has 1 saturated heterocycles. The maximum Gasteiger partial charge on any atom is 0.269 e. The van der Waals surface area contributed by atoms with Crippen LogP contribution in [0.4, 0.5) is 5.69 Å². The molecular weight excluding hydrogens is 282 g/mol. The monoisotopic (exact) mass is 305 g/mol. The molecule has 1 aliphatic heterocycles. The van der Waals surface area contributed by atoms with Gasteiger partial charge < -0.3 is 10.2 Å². The Morgan fingerprint density at radius 1 is 1.32 bits per heavy atom. The molecule has 1 heterocycles. The molecule has 1 aromatic carbocycles. The van der Waals surface area contributed by atoms with Crippen molar-refractivity contribution in [3.63, 3.8) is 0 Å². The predicted octanol–water partition coefficient (Wildman–Crippen LogP) is 2.19. The van der Waals surface area contributed by atoms with Crippen molar-refractivity contribution in [1.82, 2.24) is 10.2 Å². The summed E-state index contributed by atoms with van der Waals surface area (Å²) >= 11 is 0. The third kappa shape index (κ3) is 3.62. The summed E-state index contributed by atoms with van der Waals surface area (Å²) in [6.07, 6.45) is 0. The lowest BCUT2D eigenvalue weighted by Gasteiger charge is -2.36. The van der Waals surface area contributed by atoms with Crippen LogP contribution in [0.1, 0.15) is 26.3 Å². The molecule has 6 nitrogen and oxygen atoms in total. The Balaban J connectivity index is 2.07. The molecule has 0 bridgehead atoms. The molecular formula is C16H23N3O3. The first-order valence-corrected chi connectivity index (χ1v) is 7.64. The largest absolute Gasteiger partial charge is 0.336 e. The lowest BCUT2D eigenvalue weighted by atomic mass is 9.87. The van der Waals surface area contributed by atoms with E-state index < -0.39 is 4.92 Å². The topological polar surface area (TPSA) is 75.5 Å². The Hall–Kier alpha value is -1.95. The molecule has 6 heteroatoms. The fourth-order valence-electron chi connectivity index (χ4n) is 2.56.